The molecule has 1 fully saturated rings. The molecule has 0 spiro atoms. The summed E-state index contributed by atoms with van der Waals surface area (Å²) in [5, 5.41) is 2.96. The topological polar surface area (TPSA) is 75.4 Å². The van der Waals surface area contributed by atoms with Gasteiger partial charge in [-0.25, -0.2) is 0 Å². The number of carbonyl (C=O) groups is 2. The fourth-order valence-electron chi connectivity index (χ4n) is 2.55. The van der Waals surface area contributed by atoms with Crippen LogP contribution in [-0.2, 0) is 9.59 Å². The fourth-order valence-corrected chi connectivity index (χ4v) is 2.55. The van der Waals surface area contributed by atoms with Crippen LogP contribution in [0.4, 0.5) is 0 Å². The Kier molecular flexibility index (Phi) is 6.99. The number of nitrogens with one attached hydrogen (secondary N) is 1. The van der Waals surface area contributed by atoms with Gasteiger partial charge in [0.1, 0.15) is 0 Å². The van der Waals surface area contributed by atoms with Crippen molar-refractivity contribution in [3.05, 3.63) is 0 Å². The summed E-state index contributed by atoms with van der Waals surface area (Å²) in [4.78, 5) is 25.6. The third-order valence-corrected chi connectivity index (χ3v) is 3.84. The van der Waals surface area contributed by atoms with E-state index in [-0.39, 0.29) is 23.8 Å². The van der Waals surface area contributed by atoms with E-state index in [1.807, 2.05) is 25.7 Å². The third-order valence-electron chi connectivity index (χ3n) is 3.84. The van der Waals surface area contributed by atoms with Crippen LogP contribution in [0.25, 0.3) is 0 Å². The summed E-state index contributed by atoms with van der Waals surface area (Å²) in [6.07, 6.45) is 3.72. The Morgan fingerprint density at radius 2 is 2.10 bits per heavy atom. The molecule has 2 unspecified atom stereocenters. The quantitative estimate of drug-likeness (QED) is 0.767. The van der Waals surface area contributed by atoms with E-state index in [9.17, 15) is 9.59 Å². The minimum atomic E-state index is -0.371. The Bertz CT molecular complexity index is 331. The van der Waals surface area contributed by atoms with E-state index < -0.39 is 0 Å². The zero-order valence-electron chi connectivity index (χ0n) is 13.0. The third kappa shape index (κ3) is 5.12. The van der Waals surface area contributed by atoms with Gasteiger partial charge >= 0.3 is 0 Å². The van der Waals surface area contributed by atoms with Crippen LogP contribution < -0.4 is 11.1 Å². The van der Waals surface area contributed by atoms with Crippen LogP contribution in [0.1, 0.15) is 46.5 Å². The maximum atomic E-state index is 12.2. The second-order valence-electron chi connectivity index (χ2n) is 6.09. The Morgan fingerprint density at radius 1 is 1.40 bits per heavy atom. The molecule has 0 aromatic carbocycles. The smallest absolute Gasteiger partial charge is 0.239 e. The van der Waals surface area contributed by atoms with Gasteiger partial charge in [-0.05, 0) is 25.2 Å². The van der Waals surface area contributed by atoms with Crippen molar-refractivity contribution in [1.82, 2.24) is 10.2 Å². The van der Waals surface area contributed by atoms with Crippen LogP contribution in [0.15, 0.2) is 0 Å². The van der Waals surface area contributed by atoms with Crippen LogP contribution >= 0.6 is 0 Å². The molecule has 5 heteroatoms. The first kappa shape index (κ1) is 17.0. The molecule has 3 N–H and O–H groups in total. The summed E-state index contributed by atoms with van der Waals surface area (Å²) in [5.74, 6) is 0.501. The van der Waals surface area contributed by atoms with Gasteiger partial charge in [-0.1, -0.05) is 27.2 Å². The first-order chi connectivity index (χ1) is 9.45. The van der Waals surface area contributed by atoms with E-state index in [4.69, 9.17) is 5.73 Å². The highest BCUT2D eigenvalue weighted by molar-refractivity contribution is 5.81. The monoisotopic (exact) mass is 283 g/mol. The number of hydrogen-bond donors (Lipinski definition) is 2. The molecule has 0 radical (unpaired) electrons. The molecular weight excluding hydrogens is 254 g/mol. The molecule has 1 rings (SSSR count). The average molecular weight is 283 g/mol. The first-order valence-corrected chi connectivity index (χ1v) is 7.77. The molecule has 1 aliphatic rings. The number of nitrogens with zero attached hydrogens (tertiary/aromatic N) is 1. The lowest BCUT2D eigenvalue weighted by atomic mass is 9.96. The lowest BCUT2D eigenvalue weighted by Gasteiger charge is -2.34. The summed E-state index contributed by atoms with van der Waals surface area (Å²) in [6.45, 7) is 7.97. The van der Waals surface area contributed by atoms with Crippen LogP contribution in [0, 0.1) is 11.8 Å². The summed E-state index contributed by atoms with van der Waals surface area (Å²) < 4.78 is 0. The van der Waals surface area contributed by atoms with Gasteiger partial charge < -0.3 is 16.0 Å². The number of hydrogen-bond acceptors (Lipinski definition) is 3. The van der Waals surface area contributed by atoms with Gasteiger partial charge in [0.15, 0.2) is 0 Å². The Balaban J connectivity index is 2.42. The molecule has 0 aromatic heterocycles. The second-order valence-corrected chi connectivity index (χ2v) is 6.09. The van der Waals surface area contributed by atoms with Gasteiger partial charge in [0, 0.05) is 25.6 Å². The van der Waals surface area contributed by atoms with Crippen molar-refractivity contribution < 1.29 is 9.59 Å². The molecule has 2 amide bonds. The minimum absolute atomic E-state index is 0.00861. The zero-order chi connectivity index (χ0) is 15.1. The van der Waals surface area contributed by atoms with Crippen molar-refractivity contribution in [3.8, 4) is 0 Å². The van der Waals surface area contributed by atoms with Crippen LogP contribution in [0.5, 0.6) is 0 Å². The molecule has 20 heavy (non-hydrogen) atoms. The SMILES string of the molecule is CCCC(N)C(=O)N1CCCC(CNC(=O)C(C)C)C1. The summed E-state index contributed by atoms with van der Waals surface area (Å²) in [7, 11) is 0. The van der Waals surface area contributed by atoms with Gasteiger partial charge in [0.25, 0.3) is 0 Å². The highest BCUT2D eigenvalue weighted by Crippen LogP contribution is 2.17. The van der Waals surface area contributed by atoms with Gasteiger partial charge in [-0.3, -0.25) is 9.59 Å². The highest BCUT2D eigenvalue weighted by Gasteiger charge is 2.26. The highest BCUT2D eigenvalue weighted by atomic mass is 16.2. The average Bonchev–Trinajstić information content (AvgIpc) is 2.44. The number of amides is 2. The number of piperidine rings is 1. The largest absolute Gasteiger partial charge is 0.356 e. The summed E-state index contributed by atoms with van der Waals surface area (Å²) >= 11 is 0. The van der Waals surface area contributed by atoms with Gasteiger partial charge in [-0.15, -0.1) is 0 Å². The summed E-state index contributed by atoms with van der Waals surface area (Å²) in [5.41, 5.74) is 5.90. The molecule has 0 aromatic rings. The minimum Gasteiger partial charge on any atom is -0.356 e. The number of nitrogens with two attached hydrogens (primary N) is 1. The maximum Gasteiger partial charge on any atom is 0.239 e. The lowest BCUT2D eigenvalue weighted by molar-refractivity contribution is -0.134. The number of likely N-dealkylation sites (tertiary alicyclic amines) is 1. The van der Waals surface area contributed by atoms with Crippen molar-refractivity contribution in [1.29, 1.82) is 0 Å². The van der Waals surface area contributed by atoms with Gasteiger partial charge in [0.2, 0.25) is 11.8 Å². The molecule has 116 valence electrons. The number of carbonyl (C=O) groups excluding carboxylic acids is 2. The Hall–Kier alpha value is -1.10. The van der Waals surface area contributed by atoms with Crippen molar-refractivity contribution >= 4 is 11.8 Å². The standard InChI is InChI=1S/C15H29N3O2/c1-4-6-13(16)15(20)18-8-5-7-12(10-18)9-17-14(19)11(2)3/h11-13H,4-10,16H2,1-3H3,(H,17,19). The van der Waals surface area contributed by atoms with E-state index in [1.165, 1.54) is 0 Å². The predicted molar refractivity (Wildman–Crippen MR) is 80.0 cm³/mol. The Labute approximate surface area is 122 Å². The molecule has 1 saturated heterocycles. The fraction of sp³-hybridized carbons (Fsp3) is 0.867. The van der Waals surface area contributed by atoms with E-state index >= 15 is 0 Å². The van der Waals surface area contributed by atoms with Crippen molar-refractivity contribution in [3.63, 3.8) is 0 Å². The van der Waals surface area contributed by atoms with Crippen LogP contribution in [-0.4, -0.2) is 42.4 Å². The van der Waals surface area contributed by atoms with Crippen LogP contribution in [0.3, 0.4) is 0 Å². The molecule has 5 nitrogen and oxygen atoms in total. The van der Waals surface area contributed by atoms with Crippen molar-refractivity contribution in [2.45, 2.75) is 52.5 Å². The Morgan fingerprint density at radius 3 is 2.70 bits per heavy atom. The van der Waals surface area contributed by atoms with Gasteiger partial charge in [0.05, 0.1) is 6.04 Å². The van der Waals surface area contributed by atoms with Gasteiger partial charge in [-0.2, -0.15) is 0 Å². The van der Waals surface area contributed by atoms with E-state index in [2.05, 4.69) is 5.32 Å². The molecule has 1 heterocycles. The first-order valence-electron chi connectivity index (χ1n) is 7.77. The van der Waals surface area contributed by atoms with Crippen molar-refractivity contribution in [2.24, 2.45) is 17.6 Å². The molecule has 2 atom stereocenters. The van der Waals surface area contributed by atoms with E-state index in [0.29, 0.717) is 19.0 Å². The van der Waals surface area contributed by atoms with E-state index in [0.717, 1.165) is 32.2 Å². The zero-order valence-corrected chi connectivity index (χ0v) is 13.0. The molecule has 0 bridgehead atoms. The predicted octanol–water partition coefficient (Wildman–Crippen LogP) is 1.12. The normalized spacial score (nSPS) is 20.9. The molecule has 0 aliphatic carbocycles. The maximum absolute atomic E-state index is 12.2. The van der Waals surface area contributed by atoms with Crippen LogP contribution in [0.2, 0.25) is 0 Å². The van der Waals surface area contributed by atoms with E-state index in [1.54, 1.807) is 0 Å². The number of rotatable bonds is 6. The lowest BCUT2D eigenvalue weighted by Crippen LogP contribution is -2.49. The summed E-state index contributed by atoms with van der Waals surface area (Å²) in [6, 6.07) is -0.371. The molecule has 0 saturated carbocycles. The molecular formula is C15H29N3O2. The second kappa shape index (κ2) is 8.25. The van der Waals surface area contributed by atoms with Crippen molar-refractivity contribution in [2.75, 3.05) is 19.6 Å². The molecule has 1 aliphatic heterocycles.